The third-order valence-electron chi connectivity index (χ3n) is 3.38. The third-order valence-corrected chi connectivity index (χ3v) is 3.38. The third kappa shape index (κ3) is 3.04. The van der Waals surface area contributed by atoms with Gasteiger partial charge in [0.2, 0.25) is 0 Å². The molecule has 1 aromatic heterocycles. The summed E-state index contributed by atoms with van der Waals surface area (Å²) in [5, 5.41) is 7.47. The molecule has 1 heterocycles. The number of likely N-dealkylation sites (N-methyl/N-ethyl adjacent to an activating group) is 1. The van der Waals surface area contributed by atoms with E-state index in [0.717, 1.165) is 24.0 Å². The van der Waals surface area contributed by atoms with Gasteiger partial charge in [-0.05, 0) is 33.0 Å². The summed E-state index contributed by atoms with van der Waals surface area (Å²) in [6, 6.07) is 5.48. The number of rotatable bonds is 5. The van der Waals surface area contributed by atoms with Crippen LogP contribution in [0.5, 0.6) is 0 Å². The second-order valence-corrected chi connectivity index (χ2v) is 4.80. The van der Waals surface area contributed by atoms with Crippen molar-refractivity contribution in [2.75, 3.05) is 7.05 Å². The highest BCUT2D eigenvalue weighted by atomic mass is 19.1. The predicted octanol–water partition coefficient (Wildman–Crippen LogP) is 2.99. The van der Waals surface area contributed by atoms with E-state index < -0.39 is 11.6 Å². The van der Waals surface area contributed by atoms with Crippen molar-refractivity contribution in [1.29, 1.82) is 0 Å². The van der Waals surface area contributed by atoms with Crippen molar-refractivity contribution in [3.05, 3.63) is 52.9 Å². The lowest BCUT2D eigenvalue weighted by Gasteiger charge is -2.18. The van der Waals surface area contributed by atoms with E-state index in [2.05, 4.69) is 10.4 Å². The van der Waals surface area contributed by atoms with E-state index in [1.165, 1.54) is 12.1 Å². The molecule has 0 bridgehead atoms. The zero-order valence-corrected chi connectivity index (χ0v) is 12.0. The zero-order valence-electron chi connectivity index (χ0n) is 12.0. The monoisotopic (exact) mass is 279 g/mol. The molecule has 2 rings (SSSR count). The van der Waals surface area contributed by atoms with Crippen molar-refractivity contribution < 1.29 is 8.78 Å². The first kappa shape index (κ1) is 14.7. The van der Waals surface area contributed by atoms with Crippen molar-refractivity contribution in [2.45, 2.75) is 32.9 Å². The van der Waals surface area contributed by atoms with Gasteiger partial charge in [0.1, 0.15) is 11.6 Å². The Morgan fingerprint density at radius 1 is 1.30 bits per heavy atom. The summed E-state index contributed by atoms with van der Waals surface area (Å²) < 4.78 is 28.8. The molecule has 2 aromatic rings. The van der Waals surface area contributed by atoms with Crippen LogP contribution in [0.25, 0.3) is 0 Å². The largest absolute Gasteiger partial charge is 0.313 e. The average Bonchev–Trinajstić information content (AvgIpc) is 2.76. The fraction of sp³-hybridized carbons (Fsp3) is 0.400. The van der Waals surface area contributed by atoms with Crippen molar-refractivity contribution in [1.82, 2.24) is 15.1 Å². The minimum atomic E-state index is -0.560. The maximum Gasteiger partial charge on any atom is 0.130 e. The molecule has 0 aliphatic carbocycles. The minimum Gasteiger partial charge on any atom is -0.313 e. The number of nitrogens with zero attached hydrogens (tertiary/aromatic N) is 2. The molecule has 1 aromatic carbocycles. The highest BCUT2D eigenvalue weighted by Gasteiger charge is 2.17. The van der Waals surface area contributed by atoms with Gasteiger partial charge in [-0.1, -0.05) is 6.07 Å². The Morgan fingerprint density at radius 2 is 2.05 bits per heavy atom. The normalized spacial score (nSPS) is 12.7. The Labute approximate surface area is 117 Å². The second kappa shape index (κ2) is 6.13. The van der Waals surface area contributed by atoms with Crippen LogP contribution in [0, 0.1) is 18.6 Å². The fourth-order valence-corrected chi connectivity index (χ4v) is 2.40. The Hall–Kier alpha value is -1.75. The van der Waals surface area contributed by atoms with E-state index in [1.807, 2.05) is 24.6 Å². The van der Waals surface area contributed by atoms with E-state index in [4.69, 9.17) is 0 Å². The SMILES string of the molecule is CCn1nc(C)cc1CC(NC)c1ccc(F)cc1F. The lowest BCUT2D eigenvalue weighted by atomic mass is 10.0. The van der Waals surface area contributed by atoms with Crippen LogP contribution in [0.1, 0.15) is 29.9 Å². The summed E-state index contributed by atoms with van der Waals surface area (Å²) in [7, 11) is 1.77. The molecule has 0 spiro atoms. The van der Waals surface area contributed by atoms with Gasteiger partial charge in [0, 0.05) is 36.3 Å². The number of nitrogens with one attached hydrogen (secondary N) is 1. The van der Waals surface area contributed by atoms with E-state index in [0.29, 0.717) is 12.0 Å². The molecule has 0 amide bonds. The smallest absolute Gasteiger partial charge is 0.130 e. The standard InChI is InChI=1S/C15H19F2N3/c1-4-20-12(7-10(2)19-20)9-15(18-3)13-6-5-11(16)8-14(13)17/h5-8,15,18H,4,9H2,1-3H3. The molecule has 0 saturated carbocycles. The molecule has 1 unspecified atom stereocenters. The minimum absolute atomic E-state index is 0.211. The molecular formula is C15H19F2N3. The van der Waals surface area contributed by atoms with Gasteiger partial charge >= 0.3 is 0 Å². The Balaban J connectivity index is 2.28. The lowest BCUT2D eigenvalue weighted by Crippen LogP contribution is -2.21. The van der Waals surface area contributed by atoms with Crippen LogP contribution >= 0.6 is 0 Å². The molecule has 20 heavy (non-hydrogen) atoms. The Kier molecular flexibility index (Phi) is 4.49. The highest BCUT2D eigenvalue weighted by Crippen LogP contribution is 2.22. The van der Waals surface area contributed by atoms with Crippen molar-refractivity contribution in [3.8, 4) is 0 Å². The maximum absolute atomic E-state index is 13.9. The molecule has 1 N–H and O–H groups in total. The number of aryl methyl sites for hydroxylation is 2. The molecule has 1 atom stereocenters. The predicted molar refractivity (Wildman–Crippen MR) is 74.5 cm³/mol. The van der Waals surface area contributed by atoms with Gasteiger partial charge in [-0.15, -0.1) is 0 Å². The van der Waals surface area contributed by atoms with Crippen LogP contribution in [0.4, 0.5) is 8.78 Å². The molecule has 0 radical (unpaired) electrons. The lowest BCUT2D eigenvalue weighted by molar-refractivity contribution is 0.503. The maximum atomic E-state index is 13.9. The molecule has 0 aliphatic heterocycles. The summed E-state index contributed by atoms with van der Waals surface area (Å²) in [6.07, 6.45) is 0.605. The van der Waals surface area contributed by atoms with Crippen LogP contribution in [0.2, 0.25) is 0 Å². The van der Waals surface area contributed by atoms with Crippen molar-refractivity contribution in [2.24, 2.45) is 0 Å². The number of halogens is 2. The summed E-state index contributed by atoms with van der Waals surface area (Å²) in [4.78, 5) is 0. The van der Waals surface area contributed by atoms with Crippen molar-refractivity contribution in [3.63, 3.8) is 0 Å². The van der Waals surface area contributed by atoms with E-state index >= 15 is 0 Å². The summed E-state index contributed by atoms with van der Waals surface area (Å²) >= 11 is 0. The van der Waals surface area contributed by atoms with Gasteiger partial charge in [0.25, 0.3) is 0 Å². The first-order chi connectivity index (χ1) is 9.55. The average molecular weight is 279 g/mol. The number of aromatic nitrogens is 2. The van der Waals surface area contributed by atoms with Crippen LogP contribution in [0.3, 0.4) is 0 Å². The van der Waals surface area contributed by atoms with Gasteiger partial charge in [0.15, 0.2) is 0 Å². The van der Waals surface area contributed by atoms with Crippen LogP contribution in [-0.2, 0) is 13.0 Å². The van der Waals surface area contributed by atoms with Gasteiger partial charge in [-0.3, -0.25) is 4.68 Å². The highest BCUT2D eigenvalue weighted by molar-refractivity contribution is 5.24. The number of hydrogen-bond acceptors (Lipinski definition) is 2. The Morgan fingerprint density at radius 3 is 2.65 bits per heavy atom. The second-order valence-electron chi connectivity index (χ2n) is 4.80. The molecular weight excluding hydrogens is 260 g/mol. The first-order valence-corrected chi connectivity index (χ1v) is 6.70. The van der Waals surface area contributed by atoms with Gasteiger partial charge in [-0.25, -0.2) is 8.78 Å². The molecule has 3 nitrogen and oxygen atoms in total. The topological polar surface area (TPSA) is 29.9 Å². The first-order valence-electron chi connectivity index (χ1n) is 6.70. The molecule has 108 valence electrons. The fourth-order valence-electron chi connectivity index (χ4n) is 2.40. The van der Waals surface area contributed by atoms with Crippen molar-refractivity contribution >= 4 is 0 Å². The molecule has 0 aliphatic rings. The van der Waals surface area contributed by atoms with Crippen LogP contribution in [-0.4, -0.2) is 16.8 Å². The summed E-state index contributed by atoms with van der Waals surface area (Å²) in [6.45, 7) is 4.72. The van der Waals surface area contributed by atoms with E-state index in [-0.39, 0.29) is 6.04 Å². The van der Waals surface area contributed by atoms with Crippen LogP contribution < -0.4 is 5.32 Å². The van der Waals surface area contributed by atoms with E-state index in [1.54, 1.807) is 7.05 Å². The molecule has 0 saturated heterocycles. The van der Waals surface area contributed by atoms with Crippen LogP contribution in [0.15, 0.2) is 24.3 Å². The zero-order chi connectivity index (χ0) is 14.7. The van der Waals surface area contributed by atoms with E-state index in [9.17, 15) is 8.78 Å². The molecule has 0 fully saturated rings. The van der Waals surface area contributed by atoms with Gasteiger partial charge < -0.3 is 5.32 Å². The Bertz CT molecular complexity index is 593. The van der Waals surface area contributed by atoms with Gasteiger partial charge in [0.05, 0.1) is 5.69 Å². The summed E-state index contributed by atoms with van der Waals surface area (Å²) in [5.41, 5.74) is 2.44. The molecule has 5 heteroatoms. The number of hydrogen-bond donors (Lipinski definition) is 1. The van der Waals surface area contributed by atoms with Gasteiger partial charge in [-0.2, -0.15) is 5.10 Å². The summed E-state index contributed by atoms with van der Waals surface area (Å²) in [5.74, 6) is -1.08. The quantitative estimate of drug-likeness (QED) is 0.912. The number of benzene rings is 1.